The molecule has 0 saturated carbocycles. The number of carbonyl (C=O) groups excluding carboxylic acids is 8. The Morgan fingerprint density at radius 1 is 0.391 bits per heavy atom. The highest BCUT2D eigenvalue weighted by Gasteiger charge is 2.33. The van der Waals surface area contributed by atoms with Crippen LogP contribution in [0.15, 0.2) is 0 Å². The third-order valence-corrected chi connectivity index (χ3v) is 11.1. The number of primary amides is 1. The summed E-state index contributed by atoms with van der Waals surface area (Å²) in [4.78, 5) is 105. The van der Waals surface area contributed by atoms with Crippen molar-refractivity contribution in [2.24, 2.45) is 34.4 Å². The van der Waals surface area contributed by atoms with Crippen molar-refractivity contribution >= 4 is 47.4 Å². The van der Waals surface area contributed by atoms with Crippen LogP contribution in [-0.2, 0) is 38.3 Å². The molecule has 0 radical (unpaired) electrons. The third-order valence-electron chi connectivity index (χ3n) is 11.1. The van der Waals surface area contributed by atoms with E-state index in [9.17, 15) is 38.4 Å². The Kier molecular flexibility index (Phi) is 37.4. The van der Waals surface area contributed by atoms with E-state index in [0.29, 0.717) is 155 Å². The Hall–Kier alpha value is -4.64. The Morgan fingerprint density at radius 3 is 1.04 bits per heavy atom. The van der Waals surface area contributed by atoms with Crippen LogP contribution in [-0.4, -0.2) is 129 Å². The van der Waals surface area contributed by atoms with Crippen molar-refractivity contribution in [2.75, 3.05) is 45.8 Å². The van der Waals surface area contributed by atoms with Gasteiger partial charge in [0.25, 0.3) is 0 Å². The van der Waals surface area contributed by atoms with E-state index in [2.05, 4.69) is 37.2 Å². The van der Waals surface area contributed by atoms with E-state index in [0.717, 1.165) is 12.8 Å². The molecule has 5 atom stereocenters. The first-order valence-electron chi connectivity index (χ1n) is 25.5. The summed E-state index contributed by atoms with van der Waals surface area (Å²) in [6.45, 7) is 7.78. The monoisotopic (exact) mass is 984 g/mol. The summed E-state index contributed by atoms with van der Waals surface area (Å²) >= 11 is 0. The highest BCUT2D eigenvalue weighted by atomic mass is 16.6. The lowest BCUT2D eigenvalue weighted by Gasteiger charge is -2.28. The lowest BCUT2D eigenvalue weighted by molar-refractivity contribution is -0.135. The van der Waals surface area contributed by atoms with E-state index in [4.69, 9.17) is 39.1 Å². The molecule has 22 nitrogen and oxygen atoms in total. The maximum absolute atomic E-state index is 14.2. The maximum atomic E-state index is 14.2. The van der Waals surface area contributed by atoms with Crippen LogP contribution < -0.4 is 71.6 Å². The fourth-order valence-electron chi connectivity index (χ4n) is 7.19. The lowest BCUT2D eigenvalue weighted by Crippen LogP contribution is -2.59. The summed E-state index contributed by atoms with van der Waals surface area (Å²) in [7, 11) is 0. The van der Waals surface area contributed by atoms with Crippen molar-refractivity contribution in [3.8, 4) is 0 Å². The smallest absolute Gasteiger partial charge is 0.408 e. The van der Waals surface area contributed by atoms with Gasteiger partial charge in [-0.05, 0) is 175 Å². The Bertz CT molecular complexity index is 1480. The van der Waals surface area contributed by atoms with E-state index >= 15 is 0 Å². The first-order valence-corrected chi connectivity index (χ1v) is 25.5. The standard InChI is InChI=1S/C47H93N13O9/c1-47(2,3)69-46(68)60-38(24-12-17-31-52)45(67)59-37(23-11-16-30-51)44(66)58-36(22-10-15-29-50)43(65)57-35(21-9-14-28-49)42(64)56-34(20-8-13-27-48)41(63)55-33-19-5-7-26-40(62)54-32-18-4-6-25-39(53)61/h34-38H,4-33,48-52H2,1-3H3,(H2,53,61)(H,54,62)(H,55,63)(H,56,64)(H,57,65)(H,58,66)(H,59,67)(H,60,68). The molecule has 0 fully saturated rings. The van der Waals surface area contributed by atoms with Crippen LogP contribution >= 0.6 is 0 Å². The van der Waals surface area contributed by atoms with Crippen LogP contribution in [0.25, 0.3) is 0 Å². The molecule has 0 rings (SSSR count). The predicted octanol–water partition coefficient (Wildman–Crippen LogP) is 0.302. The summed E-state index contributed by atoms with van der Waals surface area (Å²) in [5.74, 6) is -3.25. The topological polar surface area (TPSA) is 386 Å². The lowest BCUT2D eigenvalue weighted by atomic mass is 10.0. The molecular weight excluding hydrogens is 891 g/mol. The number of nitrogens with two attached hydrogens (primary N) is 6. The number of ether oxygens (including phenoxy) is 1. The predicted molar refractivity (Wildman–Crippen MR) is 268 cm³/mol. The Balaban J connectivity index is 6.03. The van der Waals surface area contributed by atoms with Crippen LogP contribution in [0.5, 0.6) is 0 Å². The molecule has 0 aromatic carbocycles. The fraction of sp³-hybridized carbons (Fsp3) is 0.830. The van der Waals surface area contributed by atoms with Gasteiger partial charge in [0.05, 0.1) is 0 Å². The molecule has 0 aromatic heterocycles. The van der Waals surface area contributed by atoms with E-state index in [1.807, 2.05) is 0 Å². The molecule has 19 N–H and O–H groups in total. The fourth-order valence-corrected chi connectivity index (χ4v) is 7.19. The summed E-state index contributed by atoms with van der Waals surface area (Å²) < 4.78 is 5.39. The van der Waals surface area contributed by atoms with Gasteiger partial charge in [-0.3, -0.25) is 33.6 Å². The first kappa shape index (κ1) is 64.4. The Morgan fingerprint density at radius 2 is 0.710 bits per heavy atom. The van der Waals surface area contributed by atoms with Gasteiger partial charge in [0, 0.05) is 25.9 Å². The van der Waals surface area contributed by atoms with E-state index in [1.54, 1.807) is 20.8 Å². The zero-order valence-corrected chi connectivity index (χ0v) is 42.2. The molecule has 0 aliphatic rings. The van der Waals surface area contributed by atoms with Gasteiger partial charge in [-0.25, -0.2) is 4.79 Å². The molecule has 0 bridgehead atoms. The number of amides is 8. The minimum absolute atomic E-state index is 0.0606. The quantitative estimate of drug-likeness (QED) is 0.0366. The SMILES string of the molecule is CC(C)(C)OC(=O)NC(CCCCN)C(=O)NC(CCCCN)C(=O)NC(CCCCN)C(=O)NC(CCCCN)C(=O)NC(CCCCN)C(=O)NCCCCCC(=O)NCCCCCC(N)=O. The normalized spacial score (nSPS) is 13.4. The summed E-state index contributed by atoms with van der Waals surface area (Å²) in [5, 5.41) is 19.6. The summed E-state index contributed by atoms with van der Waals surface area (Å²) in [5.41, 5.74) is 33.1. The largest absolute Gasteiger partial charge is 0.444 e. The second-order valence-electron chi connectivity index (χ2n) is 18.6. The number of hydrogen-bond acceptors (Lipinski definition) is 14. The minimum Gasteiger partial charge on any atom is -0.444 e. The number of rotatable bonds is 42. The molecule has 400 valence electrons. The van der Waals surface area contributed by atoms with E-state index < -0.39 is 65.5 Å². The second kappa shape index (κ2) is 40.1. The summed E-state index contributed by atoms with van der Waals surface area (Å²) in [6.07, 6.45) is 10.6. The van der Waals surface area contributed by atoms with Crippen molar-refractivity contribution in [3.63, 3.8) is 0 Å². The maximum Gasteiger partial charge on any atom is 0.408 e. The average Bonchev–Trinajstić information content (AvgIpc) is 3.28. The van der Waals surface area contributed by atoms with Crippen LogP contribution in [0.1, 0.15) is 168 Å². The van der Waals surface area contributed by atoms with Crippen LogP contribution in [0.4, 0.5) is 4.79 Å². The number of unbranched alkanes of at least 4 members (excludes halogenated alkanes) is 9. The molecule has 0 spiro atoms. The van der Waals surface area contributed by atoms with Crippen molar-refractivity contribution in [3.05, 3.63) is 0 Å². The zero-order chi connectivity index (χ0) is 51.9. The van der Waals surface area contributed by atoms with Gasteiger partial charge in [-0.15, -0.1) is 0 Å². The molecule has 0 heterocycles. The molecule has 0 aliphatic heterocycles. The molecule has 0 aromatic rings. The van der Waals surface area contributed by atoms with Gasteiger partial charge in [-0.2, -0.15) is 0 Å². The molecule has 22 heteroatoms. The highest BCUT2D eigenvalue weighted by Crippen LogP contribution is 2.12. The average molecular weight is 984 g/mol. The number of nitrogens with one attached hydrogen (secondary N) is 7. The van der Waals surface area contributed by atoms with E-state index in [1.165, 1.54) is 0 Å². The molecular formula is C47H93N13O9. The van der Waals surface area contributed by atoms with Crippen molar-refractivity contribution in [1.29, 1.82) is 0 Å². The van der Waals surface area contributed by atoms with Gasteiger partial charge < -0.3 is 76.4 Å². The van der Waals surface area contributed by atoms with Crippen LogP contribution in [0.3, 0.4) is 0 Å². The number of carbonyl (C=O) groups is 8. The van der Waals surface area contributed by atoms with Gasteiger partial charge in [0.2, 0.25) is 41.4 Å². The number of alkyl carbamates (subject to hydrolysis) is 1. The van der Waals surface area contributed by atoms with Gasteiger partial charge >= 0.3 is 6.09 Å². The first-order chi connectivity index (χ1) is 32.9. The second-order valence-corrected chi connectivity index (χ2v) is 18.6. The number of hydrogen-bond donors (Lipinski definition) is 13. The van der Waals surface area contributed by atoms with Crippen molar-refractivity contribution in [2.45, 2.75) is 204 Å². The van der Waals surface area contributed by atoms with Gasteiger partial charge in [-0.1, -0.05) is 12.8 Å². The molecule has 0 saturated heterocycles. The zero-order valence-electron chi connectivity index (χ0n) is 42.2. The highest BCUT2D eigenvalue weighted by molar-refractivity contribution is 5.96. The minimum atomic E-state index is -1.13. The Labute approximate surface area is 411 Å². The molecule has 69 heavy (non-hydrogen) atoms. The van der Waals surface area contributed by atoms with Crippen LogP contribution in [0, 0.1) is 0 Å². The third kappa shape index (κ3) is 34.3. The molecule has 8 amide bonds. The van der Waals surface area contributed by atoms with E-state index in [-0.39, 0.29) is 43.4 Å². The molecule has 0 aliphatic carbocycles. The van der Waals surface area contributed by atoms with Crippen molar-refractivity contribution in [1.82, 2.24) is 37.2 Å². The van der Waals surface area contributed by atoms with Crippen molar-refractivity contribution < 1.29 is 43.1 Å². The molecule has 5 unspecified atom stereocenters. The van der Waals surface area contributed by atoms with Crippen LogP contribution in [0.2, 0.25) is 0 Å². The van der Waals surface area contributed by atoms with Gasteiger partial charge in [0.15, 0.2) is 0 Å². The summed E-state index contributed by atoms with van der Waals surface area (Å²) in [6, 6.07) is -5.28. The van der Waals surface area contributed by atoms with Gasteiger partial charge in [0.1, 0.15) is 35.8 Å².